The van der Waals surface area contributed by atoms with E-state index in [-0.39, 0.29) is 6.09 Å². The number of amides is 1. The predicted octanol–water partition coefficient (Wildman–Crippen LogP) is 4.86. The van der Waals surface area contributed by atoms with E-state index in [1.165, 1.54) is 5.57 Å². The van der Waals surface area contributed by atoms with Crippen LogP contribution in [-0.4, -0.2) is 29.7 Å². The van der Waals surface area contributed by atoms with Crippen molar-refractivity contribution in [3.8, 4) is 0 Å². The lowest BCUT2D eigenvalue weighted by Gasteiger charge is -2.31. The van der Waals surface area contributed by atoms with Gasteiger partial charge in [-0.25, -0.2) is 4.79 Å². The van der Waals surface area contributed by atoms with Crippen LogP contribution in [-0.2, 0) is 4.74 Å². The minimum atomic E-state index is -0.442. The molecule has 0 saturated carbocycles. The fourth-order valence-corrected chi connectivity index (χ4v) is 2.75. The van der Waals surface area contributed by atoms with Crippen molar-refractivity contribution < 1.29 is 9.53 Å². The molecule has 0 unspecified atom stereocenters. The van der Waals surface area contributed by atoms with E-state index >= 15 is 0 Å². The van der Waals surface area contributed by atoms with Crippen molar-refractivity contribution in [3.63, 3.8) is 0 Å². The lowest BCUT2D eigenvalue weighted by Crippen LogP contribution is -2.40. The minimum Gasteiger partial charge on any atom is -0.444 e. The van der Waals surface area contributed by atoms with Crippen molar-refractivity contribution in [1.82, 2.24) is 4.90 Å². The maximum Gasteiger partial charge on any atom is 0.410 e. The molecule has 0 radical (unpaired) electrons. The van der Waals surface area contributed by atoms with Gasteiger partial charge < -0.3 is 9.64 Å². The maximum absolute atomic E-state index is 12.1. The summed E-state index contributed by atoms with van der Waals surface area (Å²) >= 11 is 3.48. The number of likely N-dealkylation sites (tertiary alicyclic amines) is 1. The molecule has 1 saturated heterocycles. The molecule has 0 bridgehead atoms. The molecule has 0 N–H and O–H groups in total. The first kappa shape index (κ1) is 16.1. The second-order valence-corrected chi connectivity index (χ2v) is 7.28. The Morgan fingerprint density at radius 2 is 2.14 bits per heavy atom. The van der Waals surface area contributed by atoms with Gasteiger partial charge in [-0.3, -0.25) is 0 Å². The Morgan fingerprint density at radius 3 is 2.81 bits per heavy atom. The monoisotopic (exact) mass is 351 g/mol. The van der Waals surface area contributed by atoms with Crippen LogP contribution in [0.3, 0.4) is 0 Å². The van der Waals surface area contributed by atoms with Crippen molar-refractivity contribution in [1.29, 1.82) is 0 Å². The molecule has 21 heavy (non-hydrogen) atoms. The fraction of sp³-hybridized carbons (Fsp3) is 0.471. The van der Waals surface area contributed by atoms with E-state index in [2.05, 4.69) is 34.1 Å². The summed E-state index contributed by atoms with van der Waals surface area (Å²) in [5, 5.41) is 0. The Kier molecular flexibility index (Phi) is 5.09. The highest BCUT2D eigenvalue weighted by atomic mass is 79.9. The number of benzene rings is 1. The van der Waals surface area contributed by atoms with E-state index in [4.69, 9.17) is 4.74 Å². The fourth-order valence-electron chi connectivity index (χ4n) is 2.33. The van der Waals surface area contributed by atoms with E-state index in [0.717, 1.165) is 29.4 Å². The molecule has 1 aliphatic heterocycles. The molecule has 1 heterocycles. The van der Waals surface area contributed by atoms with E-state index in [9.17, 15) is 4.79 Å². The highest BCUT2D eigenvalue weighted by molar-refractivity contribution is 9.10. The summed E-state index contributed by atoms with van der Waals surface area (Å²) in [7, 11) is 0. The van der Waals surface area contributed by atoms with Crippen LogP contribution in [0.25, 0.3) is 6.08 Å². The summed E-state index contributed by atoms with van der Waals surface area (Å²) in [5.41, 5.74) is 1.98. The smallest absolute Gasteiger partial charge is 0.410 e. The van der Waals surface area contributed by atoms with Crippen molar-refractivity contribution in [3.05, 3.63) is 39.9 Å². The van der Waals surface area contributed by atoms with E-state index < -0.39 is 5.60 Å². The van der Waals surface area contributed by atoms with Gasteiger partial charge in [0.05, 0.1) is 0 Å². The van der Waals surface area contributed by atoms with Gasteiger partial charge in [0.25, 0.3) is 0 Å². The van der Waals surface area contributed by atoms with Gasteiger partial charge in [0.2, 0.25) is 0 Å². The van der Waals surface area contributed by atoms with Crippen LogP contribution in [0.2, 0.25) is 0 Å². The molecule has 2 rings (SSSR count). The first-order chi connectivity index (χ1) is 9.83. The van der Waals surface area contributed by atoms with E-state index in [0.29, 0.717) is 6.54 Å². The summed E-state index contributed by atoms with van der Waals surface area (Å²) < 4.78 is 6.51. The summed E-state index contributed by atoms with van der Waals surface area (Å²) in [6.45, 7) is 7.11. The molecule has 0 aliphatic carbocycles. The Balaban J connectivity index is 2.05. The molecule has 1 aromatic rings. The molecule has 0 atom stereocenters. The van der Waals surface area contributed by atoms with Crippen LogP contribution in [0.15, 0.2) is 34.3 Å². The lowest BCUT2D eigenvalue weighted by atomic mass is 10.0. The minimum absolute atomic E-state index is 0.220. The second-order valence-electron chi connectivity index (χ2n) is 6.36. The van der Waals surface area contributed by atoms with Gasteiger partial charge >= 0.3 is 6.09 Å². The Morgan fingerprint density at radius 1 is 1.38 bits per heavy atom. The van der Waals surface area contributed by atoms with Crippen LogP contribution >= 0.6 is 15.9 Å². The van der Waals surface area contributed by atoms with Crippen LogP contribution < -0.4 is 0 Å². The third-order valence-corrected chi connectivity index (χ3v) is 3.68. The van der Waals surface area contributed by atoms with E-state index in [1.54, 1.807) is 4.90 Å². The standard InChI is InChI=1S/C17H22BrNO2/c1-17(2,3)21-16(20)19-9-5-7-14(12-19)10-13-6-4-8-15(18)11-13/h4,6,8,10-11H,5,7,9,12H2,1-3H3. The highest BCUT2D eigenvalue weighted by Crippen LogP contribution is 2.22. The quantitative estimate of drug-likeness (QED) is 0.722. The van der Waals surface area contributed by atoms with E-state index in [1.807, 2.05) is 32.9 Å². The number of rotatable bonds is 1. The SMILES string of the molecule is CC(C)(C)OC(=O)N1CCCC(=Cc2cccc(Br)c2)C1. The summed E-state index contributed by atoms with van der Waals surface area (Å²) in [6.07, 6.45) is 3.97. The number of carbonyl (C=O) groups excluding carboxylic acids is 1. The van der Waals surface area contributed by atoms with Gasteiger partial charge in [0.1, 0.15) is 5.60 Å². The van der Waals surface area contributed by atoms with Gasteiger partial charge in [-0.1, -0.05) is 39.7 Å². The Hall–Kier alpha value is -1.29. The molecular formula is C17H22BrNO2. The van der Waals surface area contributed by atoms with Gasteiger partial charge in [-0.05, 0) is 51.3 Å². The number of ether oxygens (including phenoxy) is 1. The normalized spacial score (nSPS) is 17.9. The zero-order chi connectivity index (χ0) is 15.5. The number of carbonyl (C=O) groups is 1. The van der Waals surface area contributed by atoms with Crippen LogP contribution in [0, 0.1) is 0 Å². The zero-order valence-electron chi connectivity index (χ0n) is 12.9. The first-order valence-corrected chi connectivity index (χ1v) is 8.06. The molecule has 1 fully saturated rings. The third-order valence-electron chi connectivity index (χ3n) is 3.19. The van der Waals surface area contributed by atoms with Crippen molar-refractivity contribution in [2.45, 2.75) is 39.2 Å². The number of nitrogens with zero attached hydrogens (tertiary/aromatic N) is 1. The molecule has 1 amide bonds. The van der Waals surface area contributed by atoms with Crippen molar-refractivity contribution >= 4 is 28.1 Å². The summed E-state index contributed by atoms with van der Waals surface area (Å²) in [4.78, 5) is 13.9. The van der Waals surface area contributed by atoms with Crippen molar-refractivity contribution in [2.75, 3.05) is 13.1 Å². The van der Waals surface area contributed by atoms with Crippen molar-refractivity contribution in [2.24, 2.45) is 0 Å². The molecule has 3 nitrogen and oxygen atoms in total. The first-order valence-electron chi connectivity index (χ1n) is 7.26. The average Bonchev–Trinajstić information content (AvgIpc) is 2.37. The lowest BCUT2D eigenvalue weighted by molar-refractivity contribution is 0.0247. The molecule has 4 heteroatoms. The summed E-state index contributed by atoms with van der Waals surface area (Å²) in [5.74, 6) is 0. The van der Waals surface area contributed by atoms with Crippen LogP contribution in [0.1, 0.15) is 39.2 Å². The Bertz CT molecular complexity index is 546. The topological polar surface area (TPSA) is 29.5 Å². The van der Waals surface area contributed by atoms with Gasteiger partial charge in [0.15, 0.2) is 0 Å². The second kappa shape index (κ2) is 6.65. The number of hydrogen-bond acceptors (Lipinski definition) is 2. The van der Waals surface area contributed by atoms with Gasteiger partial charge in [-0.15, -0.1) is 0 Å². The van der Waals surface area contributed by atoms with Crippen LogP contribution in [0.4, 0.5) is 4.79 Å². The predicted molar refractivity (Wildman–Crippen MR) is 89.2 cm³/mol. The largest absolute Gasteiger partial charge is 0.444 e. The molecule has 1 aromatic carbocycles. The molecular weight excluding hydrogens is 330 g/mol. The Labute approximate surface area is 135 Å². The number of piperidine rings is 1. The molecule has 0 spiro atoms. The summed E-state index contributed by atoms with van der Waals surface area (Å²) in [6, 6.07) is 8.18. The zero-order valence-corrected chi connectivity index (χ0v) is 14.4. The van der Waals surface area contributed by atoms with Gasteiger partial charge in [-0.2, -0.15) is 0 Å². The molecule has 1 aliphatic rings. The molecule has 0 aromatic heterocycles. The average molecular weight is 352 g/mol. The highest BCUT2D eigenvalue weighted by Gasteiger charge is 2.24. The maximum atomic E-state index is 12.1. The number of halogens is 1. The molecule has 114 valence electrons. The van der Waals surface area contributed by atoms with Crippen LogP contribution in [0.5, 0.6) is 0 Å². The number of hydrogen-bond donors (Lipinski definition) is 0. The third kappa shape index (κ3) is 5.20. The van der Waals surface area contributed by atoms with Gasteiger partial charge in [0, 0.05) is 17.6 Å².